The predicted molar refractivity (Wildman–Crippen MR) is 76.1 cm³/mol. The maximum Gasteiger partial charge on any atom is 0.0507 e. The van der Waals surface area contributed by atoms with E-state index in [2.05, 4.69) is 31.9 Å². The van der Waals surface area contributed by atoms with Gasteiger partial charge in [-0.15, -0.1) is 0 Å². The van der Waals surface area contributed by atoms with Crippen molar-refractivity contribution in [3.8, 4) is 0 Å². The number of benzene rings is 1. The third-order valence-corrected chi connectivity index (χ3v) is 3.61. The number of nitrogen functional groups attached to an aromatic ring is 1. The molecule has 5 heteroatoms. The molecule has 0 heterocycles. The van der Waals surface area contributed by atoms with Crippen molar-refractivity contribution in [2.45, 2.75) is 25.3 Å². The van der Waals surface area contributed by atoms with Crippen molar-refractivity contribution in [2.75, 3.05) is 12.3 Å². The predicted octanol–water partition coefficient (Wildman–Crippen LogP) is 2.92. The molecule has 3 nitrogen and oxygen atoms in total. The summed E-state index contributed by atoms with van der Waals surface area (Å²) in [4.78, 5) is 0. The fourth-order valence-electron chi connectivity index (χ4n) is 1.58. The van der Waals surface area contributed by atoms with E-state index in [4.69, 9.17) is 17.2 Å². The van der Waals surface area contributed by atoms with E-state index in [1.165, 1.54) is 0 Å². The molecule has 1 aromatic rings. The molecule has 0 aliphatic carbocycles. The lowest BCUT2D eigenvalue weighted by Gasteiger charge is -2.16. The van der Waals surface area contributed by atoms with E-state index < -0.39 is 0 Å². The highest BCUT2D eigenvalue weighted by Crippen LogP contribution is 2.32. The molecule has 6 N–H and O–H groups in total. The molecule has 16 heavy (non-hydrogen) atoms. The van der Waals surface area contributed by atoms with Gasteiger partial charge in [-0.3, -0.25) is 0 Å². The summed E-state index contributed by atoms with van der Waals surface area (Å²) < 4.78 is 1.86. The molecule has 0 saturated heterocycles. The normalized spacial score (nSPS) is 12.8. The summed E-state index contributed by atoms with van der Waals surface area (Å²) in [6, 6.07) is 3.87. The Morgan fingerprint density at radius 2 is 1.88 bits per heavy atom. The van der Waals surface area contributed by atoms with Gasteiger partial charge in [-0.25, -0.2) is 0 Å². The monoisotopic (exact) mass is 349 g/mol. The molecule has 1 aromatic carbocycles. The zero-order chi connectivity index (χ0) is 12.1. The minimum atomic E-state index is -0.0275. The Balaban J connectivity index is 2.78. The smallest absolute Gasteiger partial charge is 0.0507 e. The van der Waals surface area contributed by atoms with Crippen molar-refractivity contribution in [1.82, 2.24) is 0 Å². The van der Waals surface area contributed by atoms with Crippen LogP contribution in [0.15, 0.2) is 21.1 Å². The molecule has 0 fully saturated rings. The van der Waals surface area contributed by atoms with E-state index in [0.717, 1.165) is 39.5 Å². The van der Waals surface area contributed by atoms with Crippen molar-refractivity contribution >= 4 is 37.5 Å². The number of halogens is 2. The number of hydrogen-bond donors (Lipinski definition) is 3. The third-order valence-electron chi connectivity index (χ3n) is 2.50. The maximum absolute atomic E-state index is 6.11. The van der Waals surface area contributed by atoms with Crippen LogP contribution in [0, 0.1) is 0 Å². The first-order valence-corrected chi connectivity index (χ1v) is 6.85. The molecule has 0 bridgehead atoms. The summed E-state index contributed by atoms with van der Waals surface area (Å²) in [5, 5.41) is 0. The van der Waals surface area contributed by atoms with E-state index >= 15 is 0 Å². The second-order valence-corrected chi connectivity index (χ2v) is 5.55. The Bertz CT molecular complexity index is 355. The molecule has 0 aliphatic heterocycles. The molecule has 0 saturated carbocycles. The highest BCUT2D eigenvalue weighted by atomic mass is 79.9. The molecule has 0 unspecified atom stereocenters. The highest BCUT2D eigenvalue weighted by molar-refractivity contribution is 9.11. The van der Waals surface area contributed by atoms with Gasteiger partial charge in [0, 0.05) is 15.0 Å². The van der Waals surface area contributed by atoms with Crippen LogP contribution in [-0.2, 0) is 0 Å². The van der Waals surface area contributed by atoms with Gasteiger partial charge in [-0.2, -0.15) is 0 Å². The summed E-state index contributed by atoms with van der Waals surface area (Å²) in [7, 11) is 0. The van der Waals surface area contributed by atoms with Crippen LogP contribution in [-0.4, -0.2) is 6.54 Å². The van der Waals surface area contributed by atoms with Crippen molar-refractivity contribution < 1.29 is 0 Å². The van der Waals surface area contributed by atoms with Gasteiger partial charge >= 0.3 is 0 Å². The topological polar surface area (TPSA) is 78.1 Å². The van der Waals surface area contributed by atoms with E-state index in [0.29, 0.717) is 6.54 Å². The lowest BCUT2D eigenvalue weighted by atomic mass is 10.0. The molecule has 0 aliphatic rings. The second kappa shape index (κ2) is 6.59. The van der Waals surface area contributed by atoms with E-state index in [1.54, 1.807) is 0 Å². The lowest BCUT2D eigenvalue weighted by Crippen LogP contribution is -2.13. The zero-order valence-corrected chi connectivity index (χ0v) is 12.2. The highest BCUT2D eigenvalue weighted by Gasteiger charge is 2.12. The van der Waals surface area contributed by atoms with Crippen LogP contribution in [0.5, 0.6) is 0 Å². The van der Waals surface area contributed by atoms with Crippen molar-refractivity contribution in [2.24, 2.45) is 11.5 Å². The molecule has 0 radical (unpaired) electrons. The van der Waals surface area contributed by atoms with Gasteiger partial charge in [0.25, 0.3) is 0 Å². The van der Waals surface area contributed by atoms with Crippen molar-refractivity contribution in [3.63, 3.8) is 0 Å². The fraction of sp³-hybridized carbons (Fsp3) is 0.455. The molecule has 1 atom stereocenters. The molecular weight excluding hydrogens is 334 g/mol. The number of hydrogen-bond acceptors (Lipinski definition) is 3. The maximum atomic E-state index is 6.11. The minimum absolute atomic E-state index is 0.0275. The Labute approximate surface area is 113 Å². The molecule has 0 amide bonds. The lowest BCUT2D eigenvalue weighted by molar-refractivity contribution is 0.592. The van der Waals surface area contributed by atoms with Gasteiger partial charge in [-0.05, 0) is 53.0 Å². The van der Waals surface area contributed by atoms with Crippen LogP contribution >= 0.6 is 31.9 Å². The standard InChI is InChI=1S/C11H17Br2N3/c12-7-5-8(11(16)9(13)6-7)10(15)3-1-2-4-14/h5-6,10H,1-4,14-16H2/t10-/m0/s1. The van der Waals surface area contributed by atoms with Gasteiger partial charge in [-0.1, -0.05) is 22.4 Å². The van der Waals surface area contributed by atoms with Crippen LogP contribution in [0.3, 0.4) is 0 Å². The summed E-state index contributed by atoms with van der Waals surface area (Å²) in [6.45, 7) is 0.713. The number of rotatable bonds is 5. The average Bonchev–Trinajstić information content (AvgIpc) is 2.23. The molecule has 90 valence electrons. The van der Waals surface area contributed by atoms with Crippen LogP contribution in [0.25, 0.3) is 0 Å². The summed E-state index contributed by atoms with van der Waals surface area (Å²) in [5.74, 6) is 0. The summed E-state index contributed by atoms with van der Waals surface area (Å²) in [5.41, 5.74) is 19.3. The Morgan fingerprint density at radius 3 is 2.50 bits per heavy atom. The Kier molecular flexibility index (Phi) is 5.75. The SMILES string of the molecule is NCCCC[C@H](N)c1cc(Br)cc(Br)c1N. The van der Waals surface area contributed by atoms with Gasteiger partial charge < -0.3 is 17.2 Å². The van der Waals surface area contributed by atoms with Gasteiger partial charge in [0.2, 0.25) is 0 Å². The van der Waals surface area contributed by atoms with E-state index in [-0.39, 0.29) is 6.04 Å². The van der Waals surface area contributed by atoms with Gasteiger partial charge in [0.05, 0.1) is 5.69 Å². The Hall–Kier alpha value is -0.100. The van der Waals surface area contributed by atoms with Gasteiger partial charge in [0.1, 0.15) is 0 Å². The molecule has 0 spiro atoms. The van der Waals surface area contributed by atoms with E-state index in [1.807, 2.05) is 12.1 Å². The molecular formula is C11H17Br2N3. The van der Waals surface area contributed by atoms with Crippen molar-refractivity contribution in [3.05, 3.63) is 26.6 Å². The minimum Gasteiger partial charge on any atom is -0.398 e. The zero-order valence-electron chi connectivity index (χ0n) is 9.05. The van der Waals surface area contributed by atoms with Crippen LogP contribution in [0.1, 0.15) is 30.9 Å². The third kappa shape index (κ3) is 3.73. The molecule has 0 aromatic heterocycles. The average molecular weight is 351 g/mol. The summed E-state index contributed by atoms with van der Waals surface area (Å²) in [6.07, 6.45) is 2.94. The first-order chi connectivity index (χ1) is 7.56. The largest absolute Gasteiger partial charge is 0.398 e. The van der Waals surface area contributed by atoms with E-state index in [9.17, 15) is 0 Å². The quantitative estimate of drug-likeness (QED) is 0.564. The molecule has 1 rings (SSSR count). The number of anilines is 1. The first kappa shape index (κ1) is 14.0. The summed E-state index contributed by atoms with van der Waals surface area (Å²) >= 11 is 6.85. The Morgan fingerprint density at radius 1 is 1.19 bits per heavy atom. The second-order valence-electron chi connectivity index (χ2n) is 3.78. The van der Waals surface area contributed by atoms with Crippen molar-refractivity contribution in [1.29, 1.82) is 0 Å². The van der Waals surface area contributed by atoms with Crippen LogP contribution in [0.4, 0.5) is 5.69 Å². The number of nitrogens with two attached hydrogens (primary N) is 3. The number of unbranched alkanes of at least 4 members (excludes halogenated alkanes) is 1. The first-order valence-electron chi connectivity index (χ1n) is 5.26. The van der Waals surface area contributed by atoms with Crippen LogP contribution < -0.4 is 17.2 Å². The van der Waals surface area contributed by atoms with Gasteiger partial charge in [0.15, 0.2) is 0 Å². The van der Waals surface area contributed by atoms with Crippen LogP contribution in [0.2, 0.25) is 0 Å². The fourth-order valence-corrected chi connectivity index (χ4v) is 2.83.